The highest BCUT2D eigenvalue weighted by atomic mass is 35.5. The van der Waals surface area contributed by atoms with Crippen molar-refractivity contribution in [2.75, 3.05) is 44.9 Å². The summed E-state index contributed by atoms with van der Waals surface area (Å²) in [5, 5.41) is 13.9. The number of hydrogen-bond acceptors (Lipinski definition) is 4. The molecule has 0 aromatic heterocycles. The largest absolute Gasteiger partial charge is 0.358 e. The van der Waals surface area contributed by atoms with Gasteiger partial charge in [0, 0.05) is 42.0 Å². The summed E-state index contributed by atoms with van der Waals surface area (Å²) in [5.41, 5.74) is 1.55. The number of nitrogens with one attached hydrogen (secondary N) is 3. The van der Waals surface area contributed by atoms with Crippen LogP contribution in [0.1, 0.15) is 31.8 Å². The molecule has 0 fully saturated rings. The third-order valence-corrected chi connectivity index (χ3v) is 5.77. The Hall–Kier alpha value is -4.19. The average molecular weight is 520 g/mol. The van der Waals surface area contributed by atoms with E-state index < -0.39 is 17.6 Å². The van der Waals surface area contributed by atoms with Crippen molar-refractivity contribution < 1.29 is 14.0 Å². The molecule has 0 bridgehead atoms. The molecule has 37 heavy (non-hydrogen) atoms. The van der Waals surface area contributed by atoms with Crippen LogP contribution in [0.2, 0.25) is 5.02 Å². The van der Waals surface area contributed by atoms with Crippen molar-refractivity contribution in [3.05, 3.63) is 93.8 Å². The quantitative estimate of drug-likeness (QED) is 0.227. The van der Waals surface area contributed by atoms with Crippen LogP contribution in [0.15, 0.2) is 60.7 Å². The summed E-state index contributed by atoms with van der Waals surface area (Å²) in [6.07, 6.45) is 5.36. The van der Waals surface area contributed by atoms with E-state index in [1.165, 1.54) is 30.3 Å². The molecule has 3 rings (SSSR count). The number of terminal acetylenes is 1. The maximum absolute atomic E-state index is 14.9. The molecule has 0 saturated heterocycles. The lowest BCUT2D eigenvalue weighted by molar-refractivity contribution is 0.102. The van der Waals surface area contributed by atoms with Gasteiger partial charge in [0.1, 0.15) is 11.7 Å². The van der Waals surface area contributed by atoms with Crippen molar-refractivity contribution in [3.63, 3.8) is 0 Å². The summed E-state index contributed by atoms with van der Waals surface area (Å²) >= 11 is 6.09. The van der Waals surface area contributed by atoms with Gasteiger partial charge in [0.2, 0.25) is 0 Å². The lowest BCUT2D eigenvalue weighted by Crippen LogP contribution is -2.33. The predicted molar refractivity (Wildman–Crippen MR) is 146 cm³/mol. The van der Waals surface area contributed by atoms with Crippen molar-refractivity contribution in [2.24, 2.45) is 0 Å². The highest BCUT2D eigenvalue weighted by Gasteiger charge is 2.19. The van der Waals surface area contributed by atoms with E-state index in [4.69, 9.17) is 23.4 Å². The zero-order valence-corrected chi connectivity index (χ0v) is 21.5. The molecule has 190 valence electrons. The number of amides is 2. The van der Waals surface area contributed by atoms with Crippen molar-refractivity contribution in [2.45, 2.75) is 0 Å². The van der Waals surface area contributed by atoms with E-state index in [0.717, 1.165) is 12.6 Å². The van der Waals surface area contributed by atoms with Crippen LogP contribution in [0.5, 0.6) is 0 Å². The minimum Gasteiger partial charge on any atom is -0.358 e. The lowest BCUT2D eigenvalue weighted by atomic mass is 10.1. The molecule has 3 aromatic carbocycles. The second-order valence-electron chi connectivity index (χ2n) is 8.59. The molecular formula is C28H27ClFN5O2. The summed E-state index contributed by atoms with van der Waals surface area (Å²) in [5.74, 6) is 0.592. The van der Waals surface area contributed by atoms with Gasteiger partial charge in [-0.15, -0.1) is 6.42 Å². The summed E-state index contributed by atoms with van der Waals surface area (Å²) in [7, 11) is 5.61. The standard InChI is InChI=1S/C28H27ClFN5O2/c1-5-18-6-10-21(11-7-18)32-28(37)23-17-20(29)9-13-25(23)33-27(36)22-12-8-19(16-24(22)30)26(31)35(4)15-14-34(2)3/h1,6-13,16-17,31H,14-15H2,2-4H3,(H,32,37)(H,33,36). The molecule has 0 aliphatic heterocycles. The van der Waals surface area contributed by atoms with E-state index in [1.807, 2.05) is 19.0 Å². The van der Waals surface area contributed by atoms with Gasteiger partial charge in [0.25, 0.3) is 11.8 Å². The van der Waals surface area contributed by atoms with Crippen molar-refractivity contribution in [1.29, 1.82) is 5.41 Å². The number of carbonyl (C=O) groups is 2. The number of likely N-dealkylation sites (N-methyl/N-ethyl adjacent to an activating group) is 2. The van der Waals surface area contributed by atoms with Gasteiger partial charge in [-0.05, 0) is 68.7 Å². The molecule has 0 aliphatic rings. The fourth-order valence-electron chi connectivity index (χ4n) is 3.38. The van der Waals surface area contributed by atoms with Gasteiger partial charge in [0.05, 0.1) is 16.8 Å². The second kappa shape index (κ2) is 12.2. The average Bonchev–Trinajstić information content (AvgIpc) is 2.88. The molecule has 3 aromatic rings. The molecule has 0 spiro atoms. The number of anilines is 2. The molecule has 7 nitrogen and oxygen atoms in total. The van der Waals surface area contributed by atoms with E-state index in [1.54, 1.807) is 36.2 Å². The van der Waals surface area contributed by atoms with Crippen LogP contribution in [-0.4, -0.2) is 61.7 Å². The monoisotopic (exact) mass is 519 g/mol. The Kier molecular flexibility index (Phi) is 9.01. The highest BCUT2D eigenvalue weighted by molar-refractivity contribution is 6.31. The van der Waals surface area contributed by atoms with E-state index >= 15 is 0 Å². The van der Waals surface area contributed by atoms with E-state index in [0.29, 0.717) is 28.4 Å². The third-order valence-electron chi connectivity index (χ3n) is 5.54. The van der Waals surface area contributed by atoms with Crippen molar-refractivity contribution >= 4 is 40.6 Å². The maximum Gasteiger partial charge on any atom is 0.258 e. The van der Waals surface area contributed by atoms with E-state index in [2.05, 4.69) is 16.6 Å². The first-order valence-corrected chi connectivity index (χ1v) is 11.7. The zero-order chi connectivity index (χ0) is 27.1. The van der Waals surface area contributed by atoms with E-state index in [-0.39, 0.29) is 22.6 Å². The van der Waals surface area contributed by atoms with Gasteiger partial charge in [0.15, 0.2) is 0 Å². The number of rotatable bonds is 8. The summed E-state index contributed by atoms with van der Waals surface area (Å²) in [4.78, 5) is 29.5. The Bertz CT molecular complexity index is 1370. The number of nitrogens with zero attached hydrogens (tertiary/aromatic N) is 2. The first-order valence-electron chi connectivity index (χ1n) is 11.3. The Labute approximate surface area is 220 Å². The molecule has 0 aliphatic carbocycles. The SMILES string of the molecule is C#Cc1ccc(NC(=O)c2cc(Cl)ccc2NC(=O)c2ccc(C(=N)N(C)CCN(C)C)cc2F)cc1. The van der Waals surface area contributed by atoms with Crippen LogP contribution in [-0.2, 0) is 0 Å². The maximum atomic E-state index is 14.9. The van der Waals surface area contributed by atoms with Crippen LogP contribution >= 0.6 is 11.6 Å². The topological polar surface area (TPSA) is 88.5 Å². The number of carbonyl (C=O) groups excluding carboxylic acids is 2. The first kappa shape index (κ1) is 27.4. The fourth-order valence-corrected chi connectivity index (χ4v) is 3.55. The first-order chi connectivity index (χ1) is 17.6. The van der Waals surface area contributed by atoms with Gasteiger partial charge in [-0.1, -0.05) is 23.6 Å². The fraction of sp³-hybridized carbons (Fsp3) is 0.179. The molecule has 0 radical (unpaired) electrons. The molecule has 2 amide bonds. The van der Waals surface area contributed by atoms with Gasteiger partial charge in [-0.3, -0.25) is 15.0 Å². The van der Waals surface area contributed by atoms with Gasteiger partial charge in [-0.25, -0.2) is 4.39 Å². The highest BCUT2D eigenvalue weighted by Crippen LogP contribution is 2.24. The van der Waals surface area contributed by atoms with E-state index in [9.17, 15) is 14.0 Å². The van der Waals surface area contributed by atoms with Crippen LogP contribution in [0, 0.1) is 23.6 Å². The number of hydrogen-bond donors (Lipinski definition) is 3. The van der Waals surface area contributed by atoms with Crippen molar-refractivity contribution in [3.8, 4) is 12.3 Å². The second-order valence-corrected chi connectivity index (χ2v) is 9.02. The Morgan fingerprint density at radius 1 is 0.946 bits per heavy atom. The van der Waals surface area contributed by atoms with Crippen LogP contribution < -0.4 is 10.6 Å². The van der Waals surface area contributed by atoms with Crippen LogP contribution in [0.4, 0.5) is 15.8 Å². The molecule has 0 saturated carbocycles. The summed E-state index contributed by atoms with van der Waals surface area (Å²) in [6.45, 7) is 1.32. The van der Waals surface area contributed by atoms with Gasteiger partial charge in [-0.2, -0.15) is 0 Å². The summed E-state index contributed by atoms with van der Waals surface area (Å²) < 4.78 is 14.9. The number of benzene rings is 3. The molecule has 0 unspecified atom stereocenters. The van der Waals surface area contributed by atoms with Gasteiger partial charge < -0.3 is 20.4 Å². The molecular weight excluding hydrogens is 493 g/mol. The minimum absolute atomic E-state index is 0.100. The molecule has 0 atom stereocenters. The Morgan fingerprint density at radius 3 is 2.24 bits per heavy atom. The Balaban J connectivity index is 1.77. The molecule has 0 heterocycles. The smallest absolute Gasteiger partial charge is 0.258 e. The minimum atomic E-state index is -0.783. The van der Waals surface area contributed by atoms with Crippen molar-refractivity contribution in [1.82, 2.24) is 9.80 Å². The summed E-state index contributed by atoms with van der Waals surface area (Å²) in [6, 6.07) is 15.1. The van der Waals surface area contributed by atoms with Crippen LogP contribution in [0.25, 0.3) is 0 Å². The lowest BCUT2D eigenvalue weighted by Gasteiger charge is -2.22. The van der Waals surface area contributed by atoms with Crippen LogP contribution in [0.3, 0.4) is 0 Å². The number of halogens is 2. The predicted octanol–water partition coefficient (Wildman–Crippen LogP) is 4.78. The molecule has 3 N–H and O–H groups in total. The third kappa shape index (κ3) is 7.17. The number of amidine groups is 1. The zero-order valence-electron chi connectivity index (χ0n) is 20.7. The normalized spacial score (nSPS) is 10.5. The molecule has 9 heteroatoms. The Morgan fingerprint density at radius 2 is 1.62 bits per heavy atom. The van der Waals surface area contributed by atoms with Gasteiger partial charge >= 0.3 is 0 Å².